The van der Waals surface area contributed by atoms with Crippen molar-refractivity contribution in [2.75, 3.05) is 0 Å². The third kappa shape index (κ3) is 9.63. The van der Waals surface area contributed by atoms with Crippen molar-refractivity contribution in [2.45, 2.75) is 104 Å². The summed E-state index contributed by atoms with van der Waals surface area (Å²) < 4.78 is 0. The Labute approximate surface area is 203 Å². The zero-order valence-electron chi connectivity index (χ0n) is 20.8. The molecule has 0 aliphatic heterocycles. The molecule has 8 nitrogen and oxygen atoms in total. The summed E-state index contributed by atoms with van der Waals surface area (Å²) in [6.45, 7) is 3.92. The van der Waals surface area contributed by atoms with Crippen molar-refractivity contribution in [1.29, 1.82) is 0 Å². The lowest BCUT2D eigenvalue weighted by Gasteiger charge is -2.43. The van der Waals surface area contributed by atoms with Gasteiger partial charge < -0.3 is 20.4 Å². The molecule has 0 bridgehead atoms. The van der Waals surface area contributed by atoms with Crippen LogP contribution in [-0.4, -0.2) is 44.3 Å². The normalized spacial score (nSPS) is 21.8. The van der Waals surface area contributed by atoms with E-state index in [9.17, 15) is 29.4 Å². The molecule has 0 radical (unpaired) electrons. The summed E-state index contributed by atoms with van der Waals surface area (Å²) in [6.07, 6.45) is 8.24. The van der Waals surface area contributed by atoms with Gasteiger partial charge in [-0.2, -0.15) is 0 Å². The number of rotatable bonds is 18. The summed E-state index contributed by atoms with van der Waals surface area (Å²) in [6, 6.07) is 0. The summed E-state index contributed by atoms with van der Waals surface area (Å²) in [5.41, 5.74) is 0. The minimum atomic E-state index is -0.874. The SMILES string of the molecule is CCC(CCCCC(=O)O)C(C(=O)O)C1CCCCC1C(C(=O)O)C(CC)CCCCC(=O)O. The first-order chi connectivity index (χ1) is 16.1. The van der Waals surface area contributed by atoms with E-state index in [1.54, 1.807) is 0 Å². The van der Waals surface area contributed by atoms with E-state index in [1.807, 2.05) is 13.8 Å². The van der Waals surface area contributed by atoms with Crippen LogP contribution >= 0.6 is 0 Å². The standard InChI is InChI=1S/C26H44O8/c1-3-17(11-5-9-15-21(27)28)23(25(31)32)19-13-7-8-14-20(19)24(26(33)34)18(4-2)12-6-10-16-22(29)30/h17-20,23-24H,3-16H2,1-2H3,(H,27,28)(H,29,30)(H,31,32)(H,33,34). The van der Waals surface area contributed by atoms with Crippen LogP contribution in [0.2, 0.25) is 0 Å². The summed E-state index contributed by atoms with van der Waals surface area (Å²) in [5, 5.41) is 38.2. The number of hydrogen-bond donors (Lipinski definition) is 4. The van der Waals surface area contributed by atoms with Gasteiger partial charge in [-0.3, -0.25) is 19.2 Å². The van der Waals surface area contributed by atoms with Crippen molar-refractivity contribution in [1.82, 2.24) is 0 Å². The molecule has 1 aliphatic rings. The highest BCUT2D eigenvalue weighted by atomic mass is 16.4. The zero-order valence-corrected chi connectivity index (χ0v) is 20.8. The molecule has 0 aromatic heterocycles. The second-order valence-electron chi connectivity index (χ2n) is 9.96. The molecule has 196 valence electrons. The molecule has 0 aromatic rings. The molecule has 34 heavy (non-hydrogen) atoms. The lowest BCUT2D eigenvalue weighted by molar-refractivity contribution is -0.155. The van der Waals surface area contributed by atoms with Gasteiger partial charge in [-0.15, -0.1) is 0 Å². The average Bonchev–Trinajstić information content (AvgIpc) is 2.77. The molecule has 0 spiro atoms. The van der Waals surface area contributed by atoms with Crippen molar-refractivity contribution in [3.63, 3.8) is 0 Å². The molecular formula is C26H44O8. The van der Waals surface area contributed by atoms with Gasteiger partial charge in [0.15, 0.2) is 0 Å². The van der Waals surface area contributed by atoms with Gasteiger partial charge in [-0.1, -0.05) is 52.4 Å². The van der Waals surface area contributed by atoms with E-state index < -0.39 is 35.7 Å². The van der Waals surface area contributed by atoms with E-state index in [-0.39, 0.29) is 36.5 Å². The largest absolute Gasteiger partial charge is 0.481 e. The minimum Gasteiger partial charge on any atom is -0.481 e. The third-order valence-corrected chi connectivity index (χ3v) is 7.86. The Bertz CT molecular complexity index is 605. The van der Waals surface area contributed by atoms with Gasteiger partial charge in [0.25, 0.3) is 0 Å². The van der Waals surface area contributed by atoms with Crippen molar-refractivity contribution in [2.24, 2.45) is 35.5 Å². The lowest BCUT2D eigenvalue weighted by Crippen LogP contribution is -2.43. The van der Waals surface area contributed by atoms with Crippen molar-refractivity contribution in [3.05, 3.63) is 0 Å². The summed E-state index contributed by atoms with van der Waals surface area (Å²) in [7, 11) is 0. The maximum Gasteiger partial charge on any atom is 0.307 e. The highest BCUT2D eigenvalue weighted by Crippen LogP contribution is 2.47. The fourth-order valence-electron chi connectivity index (χ4n) is 6.19. The number of carboxylic acids is 4. The van der Waals surface area contributed by atoms with E-state index in [0.717, 1.165) is 12.8 Å². The molecule has 1 fully saturated rings. The van der Waals surface area contributed by atoms with Gasteiger partial charge in [0, 0.05) is 12.8 Å². The minimum absolute atomic E-state index is 0.0708. The Morgan fingerprint density at radius 1 is 0.647 bits per heavy atom. The maximum absolute atomic E-state index is 12.5. The number of unbranched alkanes of at least 4 members (excludes halogenated alkanes) is 2. The van der Waals surface area contributed by atoms with Gasteiger partial charge in [-0.05, 0) is 62.2 Å². The topological polar surface area (TPSA) is 149 Å². The van der Waals surface area contributed by atoms with Crippen LogP contribution in [0.4, 0.5) is 0 Å². The molecule has 1 saturated carbocycles. The number of aliphatic carboxylic acids is 4. The number of carbonyl (C=O) groups is 4. The van der Waals surface area contributed by atoms with Crippen molar-refractivity contribution < 1.29 is 39.6 Å². The Morgan fingerprint density at radius 2 is 1.00 bits per heavy atom. The van der Waals surface area contributed by atoms with Crippen LogP contribution in [0, 0.1) is 35.5 Å². The van der Waals surface area contributed by atoms with Gasteiger partial charge in [0.2, 0.25) is 0 Å². The second kappa shape index (κ2) is 15.7. The van der Waals surface area contributed by atoms with E-state index in [1.165, 1.54) is 0 Å². The molecular weight excluding hydrogens is 440 g/mol. The van der Waals surface area contributed by atoms with Crippen LogP contribution in [-0.2, 0) is 19.2 Å². The van der Waals surface area contributed by atoms with Gasteiger partial charge in [0.05, 0.1) is 11.8 Å². The van der Waals surface area contributed by atoms with Gasteiger partial charge in [0.1, 0.15) is 0 Å². The van der Waals surface area contributed by atoms with Crippen molar-refractivity contribution >= 4 is 23.9 Å². The summed E-state index contributed by atoms with van der Waals surface area (Å²) >= 11 is 0. The average molecular weight is 485 g/mol. The Kier molecular flexibility index (Phi) is 13.8. The molecule has 0 heterocycles. The second-order valence-corrected chi connectivity index (χ2v) is 9.96. The smallest absolute Gasteiger partial charge is 0.307 e. The first-order valence-electron chi connectivity index (χ1n) is 13.0. The highest BCUT2D eigenvalue weighted by molar-refractivity contribution is 5.73. The Balaban J connectivity index is 3.08. The molecule has 6 atom stereocenters. The van der Waals surface area contributed by atoms with Crippen molar-refractivity contribution in [3.8, 4) is 0 Å². The molecule has 1 aliphatic carbocycles. The van der Waals surface area contributed by atoms with Gasteiger partial charge >= 0.3 is 23.9 Å². The molecule has 0 saturated heterocycles. The molecule has 8 heteroatoms. The first-order valence-corrected chi connectivity index (χ1v) is 13.0. The molecule has 4 N–H and O–H groups in total. The maximum atomic E-state index is 12.5. The van der Waals surface area contributed by atoms with Crippen LogP contribution < -0.4 is 0 Å². The predicted octanol–water partition coefficient (Wildman–Crippen LogP) is 5.54. The molecule has 1 rings (SSSR count). The predicted molar refractivity (Wildman–Crippen MR) is 127 cm³/mol. The van der Waals surface area contributed by atoms with Crippen LogP contribution in [0.25, 0.3) is 0 Å². The summed E-state index contributed by atoms with van der Waals surface area (Å²) in [5.74, 6) is -5.38. The molecule has 6 unspecified atom stereocenters. The van der Waals surface area contributed by atoms with E-state index in [4.69, 9.17) is 10.2 Å². The highest BCUT2D eigenvalue weighted by Gasteiger charge is 2.46. The monoisotopic (exact) mass is 484 g/mol. The molecule has 0 aromatic carbocycles. The Hall–Kier alpha value is -2.12. The molecule has 0 amide bonds. The zero-order chi connectivity index (χ0) is 25.7. The third-order valence-electron chi connectivity index (χ3n) is 7.86. The summed E-state index contributed by atoms with van der Waals surface area (Å²) in [4.78, 5) is 46.6. The first kappa shape index (κ1) is 29.9. The number of hydrogen-bond acceptors (Lipinski definition) is 4. The van der Waals surface area contributed by atoms with E-state index >= 15 is 0 Å². The fourth-order valence-corrected chi connectivity index (χ4v) is 6.19. The van der Waals surface area contributed by atoms with Gasteiger partial charge in [-0.25, -0.2) is 0 Å². The number of carboxylic acid groups (broad SMARTS) is 4. The Morgan fingerprint density at radius 3 is 1.26 bits per heavy atom. The van der Waals surface area contributed by atoms with Crippen LogP contribution in [0.15, 0.2) is 0 Å². The fraction of sp³-hybridized carbons (Fsp3) is 0.846. The van der Waals surface area contributed by atoms with Crippen LogP contribution in [0.5, 0.6) is 0 Å². The quantitative estimate of drug-likeness (QED) is 0.185. The van der Waals surface area contributed by atoms with E-state index in [2.05, 4.69) is 0 Å². The lowest BCUT2D eigenvalue weighted by atomic mass is 9.60. The van der Waals surface area contributed by atoms with E-state index in [0.29, 0.717) is 64.2 Å². The van der Waals surface area contributed by atoms with Crippen LogP contribution in [0.1, 0.15) is 104 Å². The van der Waals surface area contributed by atoms with Crippen LogP contribution in [0.3, 0.4) is 0 Å².